The summed E-state index contributed by atoms with van der Waals surface area (Å²) >= 11 is 0. The first-order valence-corrected chi connectivity index (χ1v) is 8.84. The van der Waals surface area contributed by atoms with Crippen LogP contribution < -0.4 is 11.5 Å². The van der Waals surface area contributed by atoms with Gasteiger partial charge >= 0.3 is 0 Å². The summed E-state index contributed by atoms with van der Waals surface area (Å²) < 4.78 is 0. The van der Waals surface area contributed by atoms with E-state index in [0.29, 0.717) is 0 Å². The lowest BCUT2D eigenvalue weighted by Gasteiger charge is -2.27. The van der Waals surface area contributed by atoms with E-state index in [4.69, 9.17) is 11.5 Å². The Bertz CT molecular complexity index is 563. The monoisotopic (exact) mass is 310 g/mol. The van der Waals surface area contributed by atoms with Gasteiger partial charge < -0.3 is 11.5 Å². The Morgan fingerprint density at radius 3 is 1.57 bits per heavy atom. The van der Waals surface area contributed by atoms with Gasteiger partial charge in [0.1, 0.15) is 5.66 Å². The molecular formula is C21H30N2. The largest absolute Gasteiger partial charge is 0.306 e. The first-order chi connectivity index (χ1) is 11.1. The molecule has 0 bridgehead atoms. The molecule has 23 heavy (non-hydrogen) atoms. The number of aryl methyl sites for hydroxylation is 2. The Kier molecular flexibility index (Phi) is 6.37. The fourth-order valence-electron chi connectivity index (χ4n) is 2.90. The highest BCUT2D eigenvalue weighted by atomic mass is 15.0. The van der Waals surface area contributed by atoms with E-state index in [1.165, 1.54) is 36.8 Å². The second-order valence-corrected chi connectivity index (χ2v) is 6.48. The topological polar surface area (TPSA) is 52.0 Å². The minimum absolute atomic E-state index is 0.940. The second-order valence-electron chi connectivity index (χ2n) is 6.48. The molecule has 0 radical (unpaired) electrons. The van der Waals surface area contributed by atoms with Crippen LogP contribution in [0.1, 0.15) is 61.8 Å². The molecule has 2 aromatic rings. The summed E-state index contributed by atoms with van der Waals surface area (Å²) in [7, 11) is 0. The van der Waals surface area contributed by atoms with Crippen LogP contribution in [0.25, 0.3) is 0 Å². The van der Waals surface area contributed by atoms with Gasteiger partial charge in [-0.1, -0.05) is 75.2 Å². The van der Waals surface area contributed by atoms with Crippen molar-refractivity contribution >= 4 is 0 Å². The molecule has 124 valence electrons. The smallest absolute Gasteiger partial charge is 0.116 e. The lowest BCUT2D eigenvalue weighted by Crippen LogP contribution is -2.47. The zero-order chi connectivity index (χ0) is 16.7. The summed E-state index contributed by atoms with van der Waals surface area (Å²) in [5, 5.41) is 0. The third-order valence-corrected chi connectivity index (χ3v) is 4.45. The quantitative estimate of drug-likeness (QED) is 0.706. The molecule has 0 unspecified atom stereocenters. The van der Waals surface area contributed by atoms with Crippen LogP contribution in [-0.2, 0) is 18.5 Å². The SMILES string of the molecule is CCCCc1cccc(C(N)(N)c2cccc(CCCC)c2)c1. The Hall–Kier alpha value is -1.64. The molecule has 2 rings (SSSR count). The second kappa shape index (κ2) is 8.28. The van der Waals surface area contributed by atoms with Crippen molar-refractivity contribution in [3.8, 4) is 0 Å². The molecule has 0 saturated heterocycles. The van der Waals surface area contributed by atoms with Crippen LogP contribution in [0.4, 0.5) is 0 Å². The van der Waals surface area contributed by atoms with Gasteiger partial charge in [-0.15, -0.1) is 0 Å². The van der Waals surface area contributed by atoms with Gasteiger partial charge in [0, 0.05) is 0 Å². The number of hydrogen-bond donors (Lipinski definition) is 2. The van der Waals surface area contributed by atoms with Gasteiger partial charge in [-0.3, -0.25) is 0 Å². The van der Waals surface area contributed by atoms with E-state index in [2.05, 4.69) is 50.2 Å². The maximum atomic E-state index is 6.53. The number of hydrogen-bond acceptors (Lipinski definition) is 2. The number of rotatable bonds is 8. The highest BCUT2D eigenvalue weighted by Crippen LogP contribution is 2.24. The van der Waals surface area contributed by atoms with Crippen LogP contribution in [0.3, 0.4) is 0 Å². The van der Waals surface area contributed by atoms with Crippen molar-refractivity contribution in [2.24, 2.45) is 11.5 Å². The highest BCUT2D eigenvalue weighted by Gasteiger charge is 2.24. The fourth-order valence-corrected chi connectivity index (χ4v) is 2.90. The van der Waals surface area contributed by atoms with Crippen molar-refractivity contribution < 1.29 is 0 Å². The summed E-state index contributed by atoms with van der Waals surface area (Å²) in [5.74, 6) is 0. The van der Waals surface area contributed by atoms with Crippen LogP contribution in [0.5, 0.6) is 0 Å². The summed E-state index contributed by atoms with van der Waals surface area (Å²) in [4.78, 5) is 0. The predicted octanol–water partition coefficient (Wildman–Crippen LogP) is 4.49. The van der Waals surface area contributed by atoms with E-state index in [-0.39, 0.29) is 0 Å². The van der Waals surface area contributed by atoms with Gasteiger partial charge in [-0.25, -0.2) is 0 Å². The summed E-state index contributed by atoms with van der Waals surface area (Å²) in [6, 6.07) is 16.8. The minimum atomic E-state index is -0.940. The molecule has 0 atom stereocenters. The zero-order valence-corrected chi connectivity index (χ0v) is 14.5. The molecule has 0 aromatic heterocycles. The van der Waals surface area contributed by atoms with Crippen LogP contribution in [0.15, 0.2) is 48.5 Å². The molecule has 0 saturated carbocycles. The van der Waals surface area contributed by atoms with Gasteiger partial charge in [0.2, 0.25) is 0 Å². The molecule has 4 N–H and O–H groups in total. The standard InChI is InChI=1S/C21H30N2/c1-3-5-9-17-11-7-13-19(15-17)21(22,23)20-14-8-12-18(16-20)10-6-4-2/h7-8,11-16H,3-6,9-10,22-23H2,1-2H3. The van der Waals surface area contributed by atoms with Crippen LogP contribution in [0, 0.1) is 0 Å². The minimum Gasteiger partial charge on any atom is -0.306 e. The Morgan fingerprint density at radius 1 is 0.739 bits per heavy atom. The fraction of sp³-hybridized carbons (Fsp3) is 0.429. The molecule has 0 aliphatic heterocycles. The molecule has 0 fully saturated rings. The maximum absolute atomic E-state index is 6.53. The third-order valence-electron chi connectivity index (χ3n) is 4.45. The van der Waals surface area contributed by atoms with Gasteiger partial charge in [-0.2, -0.15) is 0 Å². The predicted molar refractivity (Wildman–Crippen MR) is 99.3 cm³/mol. The maximum Gasteiger partial charge on any atom is 0.116 e. The van der Waals surface area contributed by atoms with Crippen LogP contribution in [-0.4, -0.2) is 0 Å². The van der Waals surface area contributed by atoms with Gasteiger partial charge in [0.05, 0.1) is 0 Å². The van der Waals surface area contributed by atoms with E-state index < -0.39 is 5.66 Å². The summed E-state index contributed by atoms with van der Waals surface area (Å²) in [6.45, 7) is 4.42. The number of benzene rings is 2. The van der Waals surface area contributed by atoms with E-state index >= 15 is 0 Å². The molecule has 0 amide bonds. The molecular weight excluding hydrogens is 280 g/mol. The molecule has 2 nitrogen and oxygen atoms in total. The molecule has 0 aliphatic rings. The van der Waals surface area contributed by atoms with E-state index in [1.807, 2.05) is 12.1 Å². The molecule has 0 spiro atoms. The van der Waals surface area contributed by atoms with E-state index in [9.17, 15) is 0 Å². The van der Waals surface area contributed by atoms with Gasteiger partial charge in [-0.05, 0) is 47.9 Å². The Balaban J connectivity index is 2.26. The van der Waals surface area contributed by atoms with E-state index in [1.54, 1.807) is 0 Å². The van der Waals surface area contributed by atoms with Crippen LogP contribution in [0.2, 0.25) is 0 Å². The van der Waals surface area contributed by atoms with Crippen molar-refractivity contribution in [2.45, 2.75) is 58.0 Å². The van der Waals surface area contributed by atoms with Gasteiger partial charge in [0.25, 0.3) is 0 Å². The summed E-state index contributed by atoms with van der Waals surface area (Å²) in [6.07, 6.45) is 6.93. The summed E-state index contributed by atoms with van der Waals surface area (Å²) in [5.41, 5.74) is 16.7. The molecule has 0 aliphatic carbocycles. The lowest BCUT2D eigenvalue weighted by atomic mass is 9.89. The van der Waals surface area contributed by atoms with Gasteiger partial charge in [0.15, 0.2) is 0 Å². The highest BCUT2D eigenvalue weighted by molar-refractivity contribution is 5.40. The lowest BCUT2D eigenvalue weighted by molar-refractivity contribution is 0.565. The first kappa shape index (κ1) is 17.7. The van der Waals surface area contributed by atoms with Crippen LogP contribution >= 0.6 is 0 Å². The third kappa shape index (κ3) is 4.66. The van der Waals surface area contributed by atoms with Crippen molar-refractivity contribution in [2.75, 3.05) is 0 Å². The number of nitrogens with two attached hydrogens (primary N) is 2. The average Bonchev–Trinajstić information content (AvgIpc) is 2.58. The average molecular weight is 310 g/mol. The Labute approximate surface area is 140 Å². The van der Waals surface area contributed by atoms with Crippen molar-refractivity contribution in [1.29, 1.82) is 0 Å². The van der Waals surface area contributed by atoms with Crippen molar-refractivity contribution in [3.63, 3.8) is 0 Å². The van der Waals surface area contributed by atoms with E-state index in [0.717, 1.165) is 24.0 Å². The molecule has 0 heterocycles. The van der Waals surface area contributed by atoms with Crippen molar-refractivity contribution in [1.82, 2.24) is 0 Å². The normalized spacial score (nSPS) is 11.7. The molecule has 2 heteroatoms. The first-order valence-electron chi connectivity index (χ1n) is 8.84. The number of unbranched alkanes of at least 4 members (excludes halogenated alkanes) is 2. The molecule has 2 aromatic carbocycles. The zero-order valence-electron chi connectivity index (χ0n) is 14.5. The Morgan fingerprint density at radius 2 is 1.17 bits per heavy atom. The van der Waals surface area contributed by atoms with Crippen molar-refractivity contribution in [3.05, 3.63) is 70.8 Å².